The number of Topliss-reactive ketones (excluding diaryl/α,β-unsaturated/α-hetero) is 1. The minimum absolute atomic E-state index is 0.0145. The fraction of sp³-hybridized carbons (Fsp3) is 0.818. The van der Waals surface area contributed by atoms with Crippen molar-refractivity contribution in [3.63, 3.8) is 0 Å². The SMILES string of the molecule is CC(=O)CC[C@H]1C[C@H](O[Si](C)(C)C(C)(C)C)[C@H](C)[C@@]2(C)CCC(=O)C=C12. The molecular weight excluding hydrogens is 340 g/mol. The Balaban J connectivity index is 2.34. The van der Waals surface area contributed by atoms with Crippen LogP contribution < -0.4 is 0 Å². The molecule has 0 radical (unpaired) electrons. The molecule has 0 heterocycles. The lowest BCUT2D eigenvalue weighted by atomic mass is 9.55. The fourth-order valence-electron chi connectivity index (χ4n) is 4.39. The molecule has 0 aromatic heterocycles. The van der Waals surface area contributed by atoms with Gasteiger partial charge in [-0.15, -0.1) is 0 Å². The van der Waals surface area contributed by atoms with E-state index in [9.17, 15) is 9.59 Å². The van der Waals surface area contributed by atoms with Crippen molar-refractivity contribution in [2.45, 2.75) is 97.9 Å². The van der Waals surface area contributed by atoms with Crippen LogP contribution in [0.1, 0.15) is 73.6 Å². The van der Waals surface area contributed by atoms with Crippen LogP contribution in [0.25, 0.3) is 0 Å². The quantitative estimate of drug-likeness (QED) is 0.577. The van der Waals surface area contributed by atoms with Gasteiger partial charge in [-0.05, 0) is 67.6 Å². The molecule has 0 aliphatic heterocycles. The number of carbonyl (C=O) groups is 2. The monoisotopic (exact) mass is 378 g/mol. The van der Waals surface area contributed by atoms with Gasteiger partial charge in [-0.2, -0.15) is 0 Å². The van der Waals surface area contributed by atoms with Crippen molar-refractivity contribution in [1.82, 2.24) is 0 Å². The zero-order chi connectivity index (χ0) is 19.9. The van der Waals surface area contributed by atoms with Crippen LogP contribution in [0.15, 0.2) is 11.6 Å². The molecule has 0 saturated heterocycles. The standard InChI is InChI=1S/C22H38O3Si/c1-15(23)9-10-17-13-20(25-26(7,8)21(3,4)5)16(2)22(6)12-11-18(24)14-19(17)22/h14,16-17,20H,9-13H2,1-8H3/t16-,17-,20-,22+/m0/s1. The Morgan fingerprint density at radius 1 is 1.35 bits per heavy atom. The first-order valence-corrected chi connectivity index (χ1v) is 13.1. The lowest BCUT2D eigenvalue weighted by molar-refractivity contribution is -0.117. The van der Waals surface area contributed by atoms with Crippen LogP contribution in [0.2, 0.25) is 18.1 Å². The molecule has 4 atom stereocenters. The van der Waals surface area contributed by atoms with Crippen molar-refractivity contribution < 1.29 is 14.0 Å². The molecule has 2 aliphatic carbocycles. The molecular formula is C22H38O3Si. The maximum absolute atomic E-state index is 12.1. The molecule has 0 unspecified atom stereocenters. The number of ketones is 2. The second kappa shape index (κ2) is 7.35. The predicted molar refractivity (Wildman–Crippen MR) is 110 cm³/mol. The molecule has 0 N–H and O–H groups in total. The molecule has 2 rings (SSSR count). The van der Waals surface area contributed by atoms with E-state index < -0.39 is 8.32 Å². The minimum atomic E-state index is -1.86. The van der Waals surface area contributed by atoms with Crippen LogP contribution in [-0.2, 0) is 14.0 Å². The third kappa shape index (κ3) is 4.22. The lowest BCUT2D eigenvalue weighted by Gasteiger charge is -2.53. The highest BCUT2D eigenvalue weighted by Gasteiger charge is 2.51. The molecule has 0 spiro atoms. The number of carbonyl (C=O) groups excluding carboxylic acids is 2. The van der Waals surface area contributed by atoms with Crippen molar-refractivity contribution >= 4 is 19.9 Å². The largest absolute Gasteiger partial charge is 0.414 e. The van der Waals surface area contributed by atoms with Gasteiger partial charge in [0, 0.05) is 18.9 Å². The third-order valence-corrected chi connectivity index (χ3v) is 12.0. The number of hydrogen-bond acceptors (Lipinski definition) is 3. The Labute approximate surface area is 161 Å². The summed E-state index contributed by atoms with van der Waals surface area (Å²) in [7, 11) is -1.86. The van der Waals surface area contributed by atoms with E-state index in [2.05, 4.69) is 47.7 Å². The van der Waals surface area contributed by atoms with Crippen molar-refractivity contribution in [3.05, 3.63) is 11.6 Å². The first-order chi connectivity index (χ1) is 11.8. The molecule has 1 saturated carbocycles. The van der Waals surface area contributed by atoms with Crippen LogP contribution >= 0.6 is 0 Å². The summed E-state index contributed by atoms with van der Waals surface area (Å²) in [6, 6.07) is 0. The highest BCUT2D eigenvalue weighted by atomic mass is 28.4. The highest BCUT2D eigenvalue weighted by Crippen LogP contribution is 2.55. The van der Waals surface area contributed by atoms with Gasteiger partial charge >= 0.3 is 0 Å². The maximum atomic E-state index is 12.1. The summed E-state index contributed by atoms with van der Waals surface area (Å²) in [5.41, 5.74) is 1.30. The maximum Gasteiger partial charge on any atom is 0.192 e. The second-order valence-corrected chi connectivity index (χ2v) is 15.1. The zero-order valence-corrected chi connectivity index (χ0v) is 19.1. The summed E-state index contributed by atoms with van der Waals surface area (Å²) in [6.07, 6.45) is 6.04. The van der Waals surface area contributed by atoms with Gasteiger partial charge in [-0.3, -0.25) is 4.79 Å². The Kier molecular flexibility index (Phi) is 6.09. The van der Waals surface area contributed by atoms with E-state index >= 15 is 0 Å². The van der Waals surface area contributed by atoms with Gasteiger partial charge < -0.3 is 9.22 Å². The average Bonchev–Trinajstić information content (AvgIpc) is 2.49. The molecule has 0 amide bonds. The van der Waals surface area contributed by atoms with E-state index in [1.807, 2.05) is 6.08 Å². The van der Waals surface area contributed by atoms with E-state index in [1.54, 1.807) is 6.92 Å². The van der Waals surface area contributed by atoms with E-state index in [-0.39, 0.29) is 28.1 Å². The number of rotatable bonds is 5. The van der Waals surface area contributed by atoms with Crippen LogP contribution in [0, 0.1) is 17.3 Å². The van der Waals surface area contributed by atoms with Crippen molar-refractivity contribution in [2.75, 3.05) is 0 Å². The molecule has 2 aliphatic rings. The van der Waals surface area contributed by atoms with E-state index in [0.717, 1.165) is 19.3 Å². The van der Waals surface area contributed by atoms with Gasteiger partial charge in [0.25, 0.3) is 0 Å². The molecule has 0 aromatic rings. The number of allylic oxidation sites excluding steroid dienone is 2. The number of hydrogen-bond donors (Lipinski definition) is 0. The Bertz CT molecular complexity index is 599. The number of fused-ring (bicyclic) bond motifs is 1. The van der Waals surface area contributed by atoms with Gasteiger partial charge in [0.2, 0.25) is 0 Å². The summed E-state index contributed by atoms with van der Waals surface area (Å²) < 4.78 is 6.88. The topological polar surface area (TPSA) is 43.4 Å². The van der Waals surface area contributed by atoms with Gasteiger partial charge in [-0.25, -0.2) is 0 Å². The summed E-state index contributed by atoms with van der Waals surface area (Å²) in [4.78, 5) is 23.7. The average molecular weight is 379 g/mol. The van der Waals surface area contributed by atoms with Crippen LogP contribution in [0.3, 0.4) is 0 Å². The third-order valence-electron chi connectivity index (χ3n) is 7.48. The molecule has 1 fully saturated rings. The van der Waals surface area contributed by atoms with E-state index in [0.29, 0.717) is 24.7 Å². The van der Waals surface area contributed by atoms with Crippen molar-refractivity contribution in [2.24, 2.45) is 17.3 Å². The Morgan fingerprint density at radius 2 is 1.96 bits per heavy atom. The first kappa shape index (κ1) is 21.6. The van der Waals surface area contributed by atoms with Crippen LogP contribution in [0.5, 0.6) is 0 Å². The summed E-state index contributed by atoms with van der Waals surface area (Å²) in [6.45, 7) is 17.8. The summed E-state index contributed by atoms with van der Waals surface area (Å²) in [5, 5.41) is 0.182. The molecule has 148 valence electrons. The fourth-order valence-corrected chi connectivity index (χ4v) is 5.80. The molecule has 0 aromatic carbocycles. The molecule has 26 heavy (non-hydrogen) atoms. The minimum Gasteiger partial charge on any atom is -0.414 e. The van der Waals surface area contributed by atoms with Crippen LogP contribution in [0.4, 0.5) is 0 Å². The summed E-state index contributed by atoms with van der Waals surface area (Å²) in [5.74, 6) is 1.17. The molecule has 4 heteroatoms. The van der Waals surface area contributed by atoms with Crippen molar-refractivity contribution in [3.8, 4) is 0 Å². The highest BCUT2D eigenvalue weighted by molar-refractivity contribution is 6.74. The second-order valence-electron chi connectivity index (χ2n) is 10.4. The van der Waals surface area contributed by atoms with Crippen LogP contribution in [-0.4, -0.2) is 26.0 Å². The van der Waals surface area contributed by atoms with Gasteiger partial charge in [-0.1, -0.05) is 40.2 Å². The van der Waals surface area contributed by atoms with E-state index in [1.165, 1.54) is 5.57 Å². The Morgan fingerprint density at radius 3 is 2.50 bits per heavy atom. The summed E-state index contributed by atoms with van der Waals surface area (Å²) >= 11 is 0. The van der Waals surface area contributed by atoms with Gasteiger partial charge in [0.05, 0.1) is 0 Å². The van der Waals surface area contributed by atoms with E-state index in [4.69, 9.17) is 4.43 Å². The zero-order valence-electron chi connectivity index (χ0n) is 18.1. The van der Waals surface area contributed by atoms with Crippen molar-refractivity contribution in [1.29, 1.82) is 0 Å². The van der Waals surface area contributed by atoms with Gasteiger partial charge in [0.15, 0.2) is 14.1 Å². The van der Waals surface area contributed by atoms with Gasteiger partial charge in [0.1, 0.15) is 5.78 Å². The Hall–Kier alpha value is -0.743. The first-order valence-electron chi connectivity index (χ1n) is 10.2. The lowest BCUT2D eigenvalue weighted by Crippen LogP contribution is -2.52. The normalized spacial score (nSPS) is 32.8. The molecule has 3 nitrogen and oxygen atoms in total. The molecule has 0 bridgehead atoms. The predicted octanol–water partition coefficient (Wildman–Crippen LogP) is 5.70. The smallest absolute Gasteiger partial charge is 0.192 e.